The Balaban J connectivity index is 1.97. The number of halogens is 2. The lowest BCUT2D eigenvalue weighted by Gasteiger charge is -2.08. The van der Waals surface area contributed by atoms with Gasteiger partial charge >= 0.3 is 0 Å². The zero-order valence-electron chi connectivity index (χ0n) is 9.73. The standard InChI is InChI=1S/C12H10I2N2O3/c13-9-5-16(6-10(14)12(9)18)7-11(17)15-4-8-2-1-3-19-8/h1-3,5-6H,4,7H2,(H,15,17). The van der Waals surface area contributed by atoms with E-state index in [1.165, 1.54) is 0 Å². The number of nitrogens with zero attached hydrogens (tertiary/aromatic N) is 1. The maximum Gasteiger partial charge on any atom is 0.240 e. The molecule has 0 fully saturated rings. The molecular weight excluding hydrogens is 474 g/mol. The lowest BCUT2D eigenvalue weighted by atomic mass is 10.4. The average Bonchev–Trinajstić information content (AvgIpc) is 2.86. The van der Waals surface area contributed by atoms with E-state index in [1.54, 1.807) is 35.4 Å². The van der Waals surface area contributed by atoms with Crippen LogP contribution in [0.1, 0.15) is 5.76 Å². The molecule has 0 aliphatic heterocycles. The molecule has 0 radical (unpaired) electrons. The number of hydrogen-bond acceptors (Lipinski definition) is 3. The molecule has 0 saturated heterocycles. The van der Waals surface area contributed by atoms with E-state index in [0.29, 0.717) is 19.4 Å². The van der Waals surface area contributed by atoms with E-state index in [4.69, 9.17) is 4.42 Å². The molecule has 0 aromatic carbocycles. The highest BCUT2D eigenvalue weighted by Crippen LogP contribution is 2.04. The zero-order chi connectivity index (χ0) is 13.8. The van der Waals surface area contributed by atoms with Gasteiger partial charge in [-0.15, -0.1) is 0 Å². The summed E-state index contributed by atoms with van der Waals surface area (Å²) in [5.41, 5.74) is -0.00607. The van der Waals surface area contributed by atoms with Crippen LogP contribution in [0.3, 0.4) is 0 Å². The Kier molecular flexibility index (Phi) is 5.02. The second-order valence-corrected chi connectivity index (χ2v) is 6.14. The van der Waals surface area contributed by atoms with E-state index < -0.39 is 0 Å². The van der Waals surface area contributed by atoms with Gasteiger partial charge in [-0.1, -0.05) is 0 Å². The highest BCUT2D eigenvalue weighted by atomic mass is 127. The minimum atomic E-state index is -0.133. The van der Waals surface area contributed by atoms with Crippen LogP contribution in [0.25, 0.3) is 0 Å². The SMILES string of the molecule is O=C(Cn1cc(I)c(=O)c(I)c1)NCc1ccco1. The lowest BCUT2D eigenvalue weighted by Crippen LogP contribution is -2.28. The van der Waals surface area contributed by atoms with Crippen LogP contribution in [0.5, 0.6) is 0 Å². The largest absolute Gasteiger partial charge is 0.467 e. The first-order chi connectivity index (χ1) is 9.06. The zero-order valence-corrected chi connectivity index (χ0v) is 14.0. The molecule has 100 valence electrons. The minimum Gasteiger partial charge on any atom is -0.467 e. The van der Waals surface area contributed by atoms with Gasteiger partial charge in [-0.05, 0) is 57.3 Å². The van der Waals surface area contributed by atoms with Gasteiger partial charge in [0.05, 0.1) is 19.9 Å². The Morgan fingerprint density at radius 3 is 2.58 bits per heavy atom. The molecule has 2 heterocycles. The Morgan fingerprint density at radius 1 is 1.32 bits per heavy atom. The number of carbonyl (C=O) groups excluding carboxylic acids is 1. The normalized spacial score (nSPS) is 10.4. The number of pyridine rings is 1. The Labute approximate surface area is 136 Å². The van der Waals surface area contributed by atoms with Crippen LogP contribution in [0.4, 0.5) is 0 Å². The summed E-state index contributed by atoms with van der Waals surface area (Å²) >= 11 is 3.93. The second-order valence-electron chi connectivity index (χ2n) is 3.81. The molecule has 2 aromatic heterocycles. The van der Waals surface area contributed by atoms with Crippen molar-refractivity contribution in [2.24, 2.45) is 0 Å². The fourth-order valence-electron chi connectivity index (χ4n) is 1.47. The first kappa shape index (κ1) is 14.6. The number of rotatable bonds is 4. The third kappa shape index (κ3) is 4.06. The van der Waals surface area contributed by atoms with Crippen molar-refractivity contribution < 1.29 is 9.21 Å². The summed E-state index contributed by atoms with van der Waals surface area (Å²) in [6, 6.07) is 3.57. The quantitative estimate of drug-likeness (QED) is 0.676. The number of carbonyl (C=O) groups is 1. The highest BCUT2D eigenvalue weighted by Gasteiger charge is 2.07. The van der Waals surface area contributed by atoms with Crippen molar-refractivity contribution >= 4 is 51.1 Å². The smallest absolute Gasteiger partial charge is 0.240 e. The third-order valence-corrected chi connectivity index (χ3v) is 3.90. The van der Waals surface area contributed by atoms with E-state index in [-0.39, 0.29) is 17.9 Å². The maximum atomic E-state index is 11.8. The fraction of sp³-hybridized carbons (Fsp3) is 0.167. The summed E-state index contributed by atoms with van der Waals surface area (Å²) < 4.78 is 8.02. The van der Waals surface area contributed by atoms with Crippen molar-refractivity contribution in [3.8, 4) is 0 Å². The Hall–Kier alpha value is -0.840. The topological polar surface area (TPSA) is 64.2 Å². The van der Waals surface area contributed by atoms with Gasteiger partial charge in [0.1, 0.15) is 12.3 Å². The molecular formula is C12H10I2N2O3. The van der Waals surface area contributed by atoms with Gasteiger partial charge in [-0.2, -0.15) is 0 Å². The van der Waals surface area contributed by atoms with Gasteiger partial charge in [0.2, 0.25) is 11.3 Å². The molecule has 19 heavy (non-hydrogen) atoms. The van der Waals surface area contributed by atoms with Gasteiger partial charge in [0.15, 0.2) is 0 Å². The fourth-order valence-corrected chi connectivity index (χ4v) is 3.28. The molecule has 0 saturated carbocycles. The molecule has 0 unspecified atom stereocenters. The molecule has 0 bridgehead atoms. The van der Waals surface area contributed by atoms with Crippen LogP contribution < -0.4 is 10.7 Å². The summed E-state index contributed by atoms with van der Waals surface area (Å²) in [4.78, 5) is 23.3. The molecule has 2 aromatic rings. The molecule has 2 rings (SSSR count). The first-order valence-electron chi connectivity index (χ1n) is 5.40. The van der Waals surface area contributed by atoms with Crippen molar-refractivity contribution in [2.75, 3.05) is 0 Å². The van der Waals surface area contributed by atoms with E-state index >= 15 is 0 Å². The predicted octanol–water partition coefficient (Wildman–Crippen LogP) is 1.97. The summed E-state index contributed by atoms with van der Waals surface area (Å²) in [5, 5.41) is 2.75. The van der Waals surface area contributed by atoms with E-state index in [1.807, 2.05) is 45.2 Å². The number of aromatic nitrogens is 1. The summed E-state index contributed by atoms with van der Waals surface area (Å²) in [6.45, 7) is 0.535. The van der Waals surface area contributed by atoms with E-state index in [0.717, 1.165) is 0 Å². The van der Waals surface area contributed by atoms with Crippen molar-refractivity contribution in [3.05, 3.63) is 53.9 Å². The third-order valence-electron chi connectivity index (χ3n) is 2.36. The first-order valence-corrected chi connectivity index (χ1v) is 7.56. The molecule has 0 aliphatic carbocycles. The van der Waals surface area contributed by atoms with Crippen LogP contribution in [0.2, 0.25) is 0 Å². The molecule has 7 heteroatoms. The minimum absolute atomic E-state index is 0.00607. The number of hydrogen-bond donors (Lipinski definition) is 1. The van der Waals surface area contributed by atoms with Gasteiger partial charge in [-0.3, -0.25) is 9.59 Å². The molecule has 0 atom stereocenters. The van der Waals surface area contributed by atoms with Crippen LogP contribution >= 0.6 is 45.2 Å². The lowest BCUT2D eigenvalue weighted by molar-refractivity contribution is -0.121. The predicted molar refractivity (Wildman–Crippen MR) is 86.7 cm³/mol. The van der Waals surface area contributed by atoms with Crippen molar-refractivity contribution in [2.45, 2.75) is 13.1 Å². The van der Waals surface area contributed by atoms with Crippen LogP contribution in [-0.2, 0) is 17.9 Å². The Morgan fingerprint density at radius 2 is 2.00 bits per heavy atom. The van der Waals surface area contributed by atoms with Crippen molar-refractivity contribution in [3.63, 3.8) is 0 Å². The van der Waals surface area contributed by atoms with Gasteiger partial charge in [0, 0.05) is 12.4 Å². The van der Waals surface area contributed by atoms with Crippen molar-refractivity contribution in [1.82, 2.24) is 9.88 Å². The van der Waals surface area contributed by atoms with Gasteiger partial charge < -0.3 is 14.3 Å². The summed E-state index contributed by atoms with van der Waals surface area (Å²) in [7, 11) is 0. The average molecular weight is 484 g/mol. The maximum absolute atomic E-state index is 11.8. The van der Waals surface area contributed by atoms with Crippen molar-refractivity contribution in [1.29, 1.82) is 0 Å². The van der Waals surface area contributed by atoms with E-state index in [9.17, 15) is 9.59 Å². The van der Waals surface area contributed by atoms with Gasteiger partial charge in [0.25, 0.3) is 0 Å². The summed E-state index contributed by atoms with van der Waals surface area (Å²) in [6.07, 6.45) is 4.89. The van der Waals surface area contributed by atoms with Crippen LogP contribution in [0, 0.1) is 7.14 Å². The molecule has 0 spiro atoms. The van der Waals surface area contributed by atoms with Crippen LogP contribution in [0.15, 0.2) is 40.0 Å². The van der Waals surface area contributed by atoms with Crippen LogP contribution in [-0.4, -0.2) is 10.5 Å². The number of nitrogens with one attached hydrogen (secondary N) is 1. The monoisotopic (exact) mass is 484 g/mol. The second kappa shape index (κ2) is 6.55. The molecule has 5 nitrogen and oxygen atoms in total. The van der Waals surface area contributed by atoms with Gasteiger partial charge in [-0.25, -0.2) is 0 Å². The molecule has 1 amide bonds. The summed E-state index contributed by atoms with van der Waals surface area (Å²) in [5.74, 6) is 0.573. The molecule has 1 N–H and O–H groups in total. The number of amides is 1. The molecule has 0 aliphatic rings. The van der Waals surface area contributed by atoms with E-state index in [2.05, 4.69) is 5.32 Å². The highest BCUT2D eigenvalue weighted by molar-refractivity contribution is 14.1. The number of furan rings is 1. The Bertz CT molecular complexity index is 609.